The molecule has 17 heavy (non-hydrogen) atoms. The standard InChI is InChI=1S/C13H24N2O2/c14-11-5-3-10(4-6-11)12(17)15-13(9-16)7-1-2-8-13/h10-11,16H,1-9,14H2,(H,15,17). The SMILES string of the molecule is NC1CCC(C(=O)NC2(CO)CCCC2)CC1. The van der Waals surface area contributed by atoms with Crippen LogP contribution in [0.3, 0.4) is 0 Å². The highest BCUT2D eigenvalue weighted by molar-refractivity contribution is 5.79. The number of carbonyl (C=O) groups is 1. The molecule has 1 amide bonds. The fourth-order valence-electron chi connectivity index (χ4n) is 3.12. The molecule has 4 heteroatoms. The summed E-state index contributed by atoms with van der Waals surface area (Å²) in [5.74, 6) is 0.242. The second-order valence-corrected chi connectivity index (χ2v) is 5.75. The van der Waals surface area contributed by atoms with Gasteiger partial charge >= 0.3 is 0 Å². The van der Waals surface area contributed by atoms with Crippen molar-refractivity contribution in [1.82, 2.24) is 5.32 Å². The van der Waals surface area contributed by atoms with Crippen molar-refractivity contribution in [3.63, 3.8) is 0 Å². The third kappa shape index (κ3) is 2.99. The number of aliphatic hydroxyl groups excluding tert-OH is 1. The molecule has 4 nitrogen and oxygen atoms in total. The van der Waals surface area contributed by atoms with Gasteiger partial charge in [-0.3, -0.25) is 4.79 Å². The summed E-state index contributed by atoms with van der Waals surface area (Å²) in [6.07, 6.45) is 7.74. The van der Waals surface area contributed by atoms with E-state index in [4.69, 9.17) is 5.73 Å². The first-order chi connectivity index (χ1) is 8.15. The maximum absolute atomic E-state index is 12.2. The van der Waals surface area contributed by atoms with Crippen molar-refractivity contribution in [1.29, 1.82) is 0 Å². The molecule has 0 aromatic rings. The summed E-state index contributed by atoms with van der Waals surface area (Å²) >= 11 is 0. The number of nitrogens with two attached hydrogens (primary N) is 1. The lowest BCUT2D eigenvalue weighted by atomic mass is 9.85. The molecule has 0 heterocycles. The minimum atomic E-state index is -0.323. The average Bonchev–Trinajstić information content (AvgIpc) is 2.79. The lowest BCUT2D eigenvalue weighted by Gasteiger charge is -2.32. The molecular formula is C13H24N2O2. The van der Waals surface area contributed by atoms with Crippen LogP contribution in [0, 0.1) is 5.92 Å². The summed E-state index contributed by atoms with van der Waals surface area (Å²) in [5, 5.41) is 12.6. The Morgan fingerprint density at radius 3 is 2.35 bits per heavy atom. The molecule has 2 saturated carbocycles. The predicted octanol–water partition coefficient (Wildman–Crippen LogP) is 0.925. The van der Waals surface area contributed by atoms with E-state index in [1.54, 1.807) is 0 Å². The molecular weight excluding hydrogens is 216 g/mol. The van der Waals surface area contributed by atoms with Crippen molar-refractivity contribution in [2.24, 2.45) is 11.7 Å². The summed E-state index contributed by atoms with van der Waals surface area (Å²) in [6, 6.07) is 0.275. The molecule has 0 aliphatic heterocycles. The lowest BCUT2D eigenvalue weighted by molar-refractivity contribution is -0.128. The van der Waals surface area contributed by atoms with Gasteiger partial charge in [-0.1, -0.05) is 12.8 Å². The van der Waals surface area contributed by atoms with Crippen molar-refractivity contribution in [3.8, 4) is 0 Å². The molecule has 0 spiro atoms. The van der Waals surface area contributed by atoms with E-state index in [1.165, 1.54) is 0 Å². The van der Waals surface area contributed by atoms with Crippen molar-refractivity contribution in [3.05, 3.63) is 0 Å². The predicted molar refractivity (Wildman–Crippen MR) is 66.4 cm³/mol. The van der Waals surface area contributed by atoms with Crippen molar-refractivity contribution >= 4 is 5.91 Å². The van der Waals surface area contributed by atoms with Crippen LogP contribution >= 0.6 is 0 Å². The van der Waals surface area contributed by atoms with Crippen LogP contribution in [-0.4, -0.2) is 29.2 Å². The van der Waals surface area contributed by atoms with Gasteiger partial charge in [0.15, 0.2) is 0 Å². The Morgan fingerprint density at radius 2 is 1.82 bits per heavy atom. The van der Waals surface area contributed by atoms with Crippen LogP contribution in [0.2, 0.25) is 0 Å². The van der Waals surface area contributed by atoms with Crippen LogP contribution in [-0.2, 0) is 4.79 Å². The molecule has 0 unspecified atom stereocenters. The zero-order valence-corrected chi connectivity index (χ0v) is 10.5. The smallest absolute Gasteiger partial charge is 0.223 e. The Morgan fingerprint density at radius 1 is 1.24 bits per heavy atom. The lowest BCUT2D eigenvalue weighted by Crippen LogP contribution is -2.51. The molecule has 0 aromatic heterocycles. The zero-order chi connectivity index (χ0) is 12.3. The van der Waals surface area contributed by atoms with Gasteiger partial charge in [-0.15, -0.1) is 0 Å². The number of carbonyl (C=O) groups excluding carboxylic acids is 1. The highest BCUT2D eigenvalue weighted by Crippen LogP contribution is 2.31. The topological polar surface area (TPSA) is 75.4 Å². The van der Waals surface area contributed by atoms with Crippen molar-refractivity contribution in [2.45, 2.75) is 62.9 Å². The summed E-state index contributed by atoms with van der Waals surface area (Å²) in [4.78, 5) is 12.2. The maximum atomic E-state index is 12.2. The van der Waals surface area contributed by atoms with Crippen LogP contribution in [0.25, 0.3) is 0 Å². The Kier molecular flexibility index (Phi) is 4.05. The van der Waals surface area contributed by atoms with E-state index < -0.39 is 0 Å². The van der Waals surface area contributed by atoms with E-state index in [0.717, 1.165) is 51.4 Å². The van der Waals surface area contributed by atoms with E-state index in [0.29, 0.717) is 0 Å². The van der Waals surface area contributed by atoms with Gasteiger partial charge in [0.05, 0.1) is 12.1 Å². The molecule has 98 valence electrons. The fraction of sp³-hybridized carbons (Fsp3) is 0.923. The average molecular weight is 240 g/mol. The van der Waals surface area contributed by atoms with E-state index in [9.17, 15) is 9.90 Å². The summed E-state index contributed by atoms with van der Waals surface area (Å²) in [7, 11) is 0. The molecule has 2 aliphatic rings. The van der Waals surface area contributed by atoms with Gasteiger partial charge in [0, 0.05) is 12.0 Å². The quantitative estimate of drug-likeness (QED) is 0.687. The van der Waals surface area contributed by atoms with Crippen molar-refractivity contribution in [2.75, 3.05) is 6.61 Å². The molecule has 2 fully saturated rings. The molecule has 4 N–H and O–H groups in total. The van der Waals surface area contributed by atoms with Gasteiger partial charge in [-0.2, -0.15) is 0 Å². The second kappa shape index (κ2) is 5.36. The Hall–Kier alpha value is -0.610. The molecule has 0 atom stereocenters. The first kappa shape index (κ1) is 12.8. The number of aliphatic hydroxyl groups is 1. The highest BCUT2D eigenvalue weighted by atomic mass is 16.3. The summed E-state index contributed by atoms with van der Waals surface area (Å²) in [5.41, 5.74) is 5.52. The Labute approximate surface area is 103 Å². The van der Waals surface area contributed by atoms with E-state index in [-0.39, 0.29) is 30.0 Å². The zero-order valence-electron chi connectivity index (χ0n) is 10.5. The first-order valence-corrected chi connectivity index (χ1v) is 6.84. The van der Waals surface area contributed by atoms with Crippen molar-refractivity contribution < 1.29 is 9.90 Å². The third-order valence-corrected chi connectivity index (χ3v) is 4.39. The maximum Gasteiger partial charge on any atom is 0.223 e. The van der Waals surface area contributed by atoms with Gasteiger partial charge in [-0.25, -0.2) is 0 Å². The van der Waals surface area contributed by atoms with Gasteiger partial charge in [-0.05, 0) is 38.5 Å². The fourth-order valence-corrected chi connectivity index (χ4v) is 3.12. The minimum absolute atomic E-state index is 0.0744. The minimum Gasteiger partial charge on any atom is -0.394 e. The number of amides is 1. The van der Waals surface area contributed by atoms with Gasteiger partial charge in [0.1, 0.15) is 0 Å². The Balaban J connectivity index is 1.87. The van der Waals surface area contributed by atoms with Gasteiger partial charge in [0.25, 0.3) is 0 Å². The van der Waals surface area contributed by atoms with Crippen LogP contribution < -0.4 is 11.1 Å². The van der Waals surface area contributed by atoms with Crippen LogP contribution in [0.5, 0.6) is 0 Å². The summed E-state index contributed by atoms with van der Waals surface area (Å²) < 4.78 is 0. The molecule has 0 radical (unpaired) electrons. The number of rotatable bonds is 3. The van der Waals surface area contributed by atoms with E-state index in [1.807, 2.05) is 0 Å². The molecule has 0 bridgehead atoms. The molecule has 2 rings (SSSR count). The van der Waals surface area contributed by atoms with Crippen LogP contribution in [0.15, 0.2) is 0 Å². The number of nitrogens with one attached hydrogen (secondary N) is 1. The van der Waals surface area contributed by atoms with Gasteiger partial charge < -0.3 is 16.2 Å². The molecule has 2 aliphatic carbocycles. The van der Waals surface area contributed by atoms with E-state index >= 15 is 0 Å². The van der Waals surface area contributed by atoms with Crippen LogP contribution in [0.1, 0.15) is 51.4 Å². The normalized spacial score (nSPS) is 32.4. The van der Waals surface area contributed by atoms with Gasteiger partial charge in [0.2, 0.25) is 5.91 Å². The van der Waals surface area contributed by atoms with Crippen LogP contribution in [0.4, 0.5) is 0 Å². The summed E-state index contributed by atoms with van der Waals surface area (Å²) in [6.45, 7) is 0.0744. The number of hydrogen-bond donors (Lipinski definition) is 3. The first-order valence-electron chi connectivity index (χ1n) is 6.84. The molecule has 0 saturated heterocycles. The monoisotopic (exact) mass is 240 g/mol. The largest absolute Gasteiger partial charge is 0.394 e. The molecule has 0 aromatic carbocycles. The second-order valence-electron chi connectivity index (χ2n) is 5.75. The third-order valence-electron chi connectivity index (χ3n) is 4.39. The number of hydrogen-bond acceptors (Lipinski definition) is 3. The highest BCUT2D eigenvalue weighted by Gasteiger charge is 2.36. The van der Waals surface area contributed by atoms with E-state index in [2.05, 4.69) is 5.32 Å². The Bertz CT molecular complexity index is 267.